The maximum atomic E-state index is 14.4. The second kappa shape index (κ2) is 17.0. The number of methoxy groups -OCH3 is 1. The number of benzene rings is 2. The number of nitrogens with zero attached hydrogens (tertiary/aromatic N) is 1. The number of hydrogen-bond acceptors (Lipinski definition) is 4. The summed E-state index contributed by atoms with van der Waals surface area (Å²) in [5.74, 6) is -4.05. The lowest BCUT2D eigenvalue weighted by atomic mass is 9.73. The Hall–Kier alpha value is -2.87. The van der Waals surface area contributed by atoms with Crippen molar-refractivity contribution >= 4 is 29.1 Å². The third kappa shape index (κ3) is 9.82. The van der Waals surface area contributed by atoms with Crippen molar-refractivity contribution < 1.29 is 23.1 Å². The van der Waals surface area contributed by atoms with E-state index in [0.29, 0.717) is 28.2 Å². The number of hydrogen-bond donors (Lipinski definition) is 2. The number of halogens is 3. The molecule has 1 unspecified atom stereocenters. The summed E-state index contributed by atoms with van der Waals surface area (Å²) in [4.78, 5) is 27.1. The summed E-state index contributed by atoms with van der Waals surface area (Å²) in [5.41, 5.74) is 1.74. The van der Waals surface area contributed by atoms with Crippen molar-refractivity contribution in [2.75, 3.05) is 32.1 Å². The minimum Gasteiger partial charge on any atom is -0.497 e. The van der Waals surface area contributed by atoms with Gasteiger partial charge >= 0.3 is 0 Å². The molecule has 1 heterocycles. The summed E-state index contributed by atoms with van der Waals surface area (Å²) in [5, 5.41) is 5.91. The molecule has 2 aliphatic carbocycles. The number of ether oxygens (including phenoxy) is 1. The zero-order valence-corrected chi connectivity index (χ0v) is 27.7. The molecule has 0 bridgehead atoms. The molecule has 1 saturated heterocycles. The predicted molar refractivity (Wildman–Crippen MR) is 175 cm³/mol. The average Bonchev–Trinajstić information content (AvgIpc) is 2.95. The summed E-state index contributed by atoms with van der Waals surface area (Å²) in [6.45, 7) is 6.62. The second-order valence-electron chi connectivity index (χ2n) is 12.0. The molecule has 9 heteroatoms. The van der Waals surface area contributed by atoms with Gasteiger partial charge in [-0.2, -0.15) is 0 Å². The molecule has 1 atom stereocenters. The number of carbonyl (C=O) groups is 2. The molecule has 5 rings (SSSR count). The summed E-state index contributed by atoms with van der Waals surface area (Å²) in [7, 11) is 3.05. The van der Waals surface area contributed by atoms with Crippen LogP contribution in [0.15, 0.2) is 42.5 Å². The summed E-state index contributed by atoms with van der Waals surface area (Å²) >= 11 is 6.32. The van der Waals surface area contributed by atoms with Crippen LogP contribution in [0, 0.1) is 11.8 Å². The molecule has 3 aliphatic rings. The number of amides is 2. The molecule has 6 nitrogen and oxygen atoms in total. The van der Waals surface area contributed by atoms with E-state index in [1.807, 2.05) is 26.0 Å². The molecule has 2 N–H and O–H groups in total. The lowest BCUT2D eigenvalue weighted by Gasteiger charge is -2.41. The van der Waals surface area contributed by atoms with Crippen molar-refractivity contribution in [2.45, 2.75) is 96.4 Å². The predicted octanol–water partition coefficient (Wildman–Crippen LogP) is 8.24. The van der Waals surface area contributed by atoms with Gasteiger partial charge in [0.05, 0.1) is 17.7 Å². The van der Waals surface area contributed by atoms with E-state index >= 15 is 0 Å². The number of carbonyl (C=O) groups excluding carboxylic acids is 2. The van der Waals surface area contributed by atoms with Crippen molar-refractivity contribution in [3.05, 3.63) is 58.6 Å². The van der Waals surface area contributed by atoms with Gasteiger partial charge in [-0.15, -0.1) is 0 Å². The van der Waals surface area contributed by atoms with Crippen LogP contribution < -0.4 is 20.3 Å². The number of alkyl halides is 2. The Morgan fingerprint density at radius 3 is 2.18 bits per heavy atom. The van der Waals surface area contributed by atoms with E-state index in [1.54, 1.807) is 31.3 Å². The summed E-state index contributed by atoms with van der Waals surface area (Å²) < 4.78 is 34.0. The fraction of sp³-hybridized carbons (Fsp3) is 0.600. The van der Waals surface area contributed by atoms with Crippen LogP contribution in [0.25, 0.3) is 0 Å². The molecule has 0 spiro atoms. The monoisotopic (exact) mass is 633 g/mol. The van der Waals surface area contributed by atoms with Crippen molar-refractivity contribution in [2.24, 2.45) is 11.8 Å². The fourth-order valence-corrected chi connectivity index (χ4v) is 6.25. The first kappa shape index (κ1) is 35.6. The first-order chi connectivity index (χ1) is 21.1. The summed E-state index contributed by atoms with van der Waals surface area (Å²) in [6, 6.07) is 11.8. The number of rotatable bonds is 9. The molecule has 2 aromatic rings. The van der Waals surface area contributed by atoms with Crippen molar-refractivity contribution in [1.82, 2.24) is 10.6 Å². The van der Waals surface area contributed by atoms with Gasteiger partial charge in [-0.1, -0.05) is 63.3 Å². The molecule has 0 radical (unpaired) electrons. The lowest BCUT2D eigenvalue weighted by molar-refractivity contribution is -0.132. The van der Waals surface area contributed by atoms with Gasteiger partial charge in [0.2, 0.25) is 5.91 Å². The molecule has 0 aromatic heterocycles. The van der Waals surface area contributed by atoms with Gasteiger partial charge in [0.25, 0.3) is 11.8 Å². The molecule has 44 heavy (non-hydrogen) atoms. The van der Waals surface area contributed by atoms with E-state index in [4.69, 9.17) is 16.3 Å². The highest BCUT2D eigenvalue weighted by molar-refractivity contribution is 6.34. The van der Waals surface area contributed by atoms with Gasteiger partial charge in [0.15, 0.2) is 0 Å². The zero-order chi connectivity index (χ0) is 32.3. The normalized spacial score (nSPS) is 20.3. The van der Waals surface area contributed by atoms with Crippen LogP contribution in [-0.4, -0.2) is 51.0 Å². The Morgan fingerprint density at radius 2 is 1.66 bits per heavy atom. The number of piperidine rings is 1. The standard InChI is InChI=1S/C29H36ClF2N3O3.C4H8.C2H6/c1-29(31,32)26(20-5-4-6-23(16-20)38-3)28(37)34-21-14-19(15-21)13-18-9-11-35(12-10-18)22-7-8-24(25(30)17-22)27(36)33-2;1-2-4-3-1;1-2/h4-8,16-19,21,26H,9-15H2,1-3H3,(H,33,36)(H,34,37);1-4H2;1-2H3. The number of nitrogens with one attached hydrogen (secondary N) is 2. The van der Waals surface area contributed by atoms with Crippen LogP contribution >= 0.6 is 11.6 Å². The Labute approximate surface area is 267 Å². The molecule has 2 aromatic carbocycles. The van der Waals surface area contributed by atoms with E-state index in [1.165, 1.54) is 38.9 Å². The smallest absolute Gasteiger partial charge is 0.260 e. The van der Waals surface area contributed by atoms with Gasteiger partial charge in [-0.05, 0) is 79.8 Å². The van der Waals surface area contributed by atoms with Crippen LogP contribution in [0.3, 0.4) is 0 Å². The SMILES string of the molecule is C1CCC1.CC.CNC(=O)c1ccc(N2CCC(CC3CC(NC(=O)C(c4cccc(OC)c4)C(C)(F)F)C3)CC2)cc1Cl. The van der Waals surface area contributed by atoms with E-state index in [2.05, 4.69) is 15.5 Å². The highest BCUT2D eigenvalue weighted by atomic mass is 35.5. The molecule has 2 amide bonds. The molecule has 3 fully saturated rings. The zero-order valence-electron chi connectivity index (χ0n) is 26.9. The number of anilines is 1. The van der Waals surface area contributed by atoms with Gasteiger partial charge in [0.1, 0.15) is 11.7 Å². The Morgan fingerprint density at radius 1 is 1.02 bits per heavy atom. The largest absolute Gasteiger partial charge is 0.497 e. The van der Waals surface area contributed by atoms with Crippen molar-refractivity contribution in [3.8, 4) is 5.75 Å². The fourth-order valence-electron chi connectivity index (χ4n) is 5.99. The topological polar surface area (TPSA) is 70.7 Å². The van der Waals surface area contributed by atoms with E-state index in [-0.39, 0.29) is 17.5 Å². The summed E-state index contributed by atoms with van der Waals surface area (Å²) in [6.07, 6.45) is 10.8. The van der Waals surface area contributed by atoms with Crippen molar-refractivity contribution in [3.63, 3.8) is 0 Å². The minimum absolute atomic E-state index is 0.0657. The van der Waals surface area contributed by atoms with Crippen molar-refractivity contribution in [1.29, 1.82) is 0 Å². The highest BCUT2D eigenvalue weighted by Crippen LogP contribution is 2.39. The Bertz CT molecular complexity index is 1200. The maximum absolute atomic E-state index is 14.4. The first-order valence-electron chi connectivity index (χ1n) is 16.2. The molecular formula is C35H50ClF2N3O3. The van der Waals surface area contributed by atoms with Crippen LogP contribution in [-0.2, 0) is 4.79 Å². The average molecular weight is 634 g/mol. The second-order valence-corrected chi connectivity index (χ2v) is 12.4. The third-order valence-corrected chi connectivity index (χ3v) is 9.16. The molecule has 1 aliphatic heterocycles. The maximum Gasteiger partial charge on any atom is 0.260 e. The van der Waals surface area contributed by atoms with Crippen LogP contribution in [0.4, 0.5) is 14.5 Å². The Balaban J connectivity index is 0.000000800. The van der Waals surface area contributed by atoms with Crippen LogP contribution in [0.1, 0.15) is 100 Å². The van der Waals surface area contributed by atoms with Gasteiger partial charge in [-0.25, -0.2) is 8.78 Å². The van der Waals surface area contributed by atoms with E-state index in [9.17, 15) is 18.4 Å². The molecule has 244 valence electrons. The lowest BCUT2D eigenvalue weighted by Crippen LogP contribution is -2.49. The van der Waals surface area contributed by atoms with Crippen LogP contribution in [0.5, 0.6) is 5.75 Å². The van der Waals surface area contributed by atoms with E-state index < -0.39 is 17.7 Å². The molecule has 2 saturated carbocycles. The van der Waals surface area contributed by atoms with Gasteiger partial charge < -0.3 is 20.3 Å². The third-order valence-electron chi connectivity index (χ3n) is 8.85. The van der Waals surface area contributed by atoms with Gasteiger partial charge in [-0.3, -0.25) is 9.59 Å². The minimum atomic E-state index is -3.19. The quantitative estimate of drug-likeness (QED) is 0.292. The van der Waals surface area contributed by atoms with E-state index in [0.717, 1.165) is 57.8 Å². The highest BCUT2D eigenvalue weighted by Gasteiger charge is 2.43. The van der Waals surface area contributed by atoms with Crippen LogP contribution in [0.2, 0.25) is 5.02 Å². The van der Waals surface area contributed by atoms with Gasteiger partial charge in [0, 0.05) is 38.8 Å². The molecular weight excluding hydrogens is 584 g/mol. The first-order valence-corrected chi connectivity index (χ1v) is 16.6. The Kier molecular flexibility index (Phi) is 13.8.